The van der Waals surface area contributed by atoms with Crippen molar-refractivity contribution < 1.29 is 13.2 Å². The molecule has 0 aliphatic rings. The van der Waals surface area contributed by atoms with Gasteiger partial charge in [0.05, 0.1) is 11.4 Å². The molecule has 0 aliphatic carbocycles. The molecule has 32 heavy (non-hydrogen) atoms. The lowest BCUT2D eigenvalue weighted by Crippen LogP contribution is -2.37. The van der Waals surface area contributed by atoms with E-state index in [0.717, 1.165) is 21.9 Å². The van der Waals surface area contributed by atoms with Crippen molar-refractivity contribution in [3.63, 3.8) is 0 Å². The van der Waals surface area contributed by atoms with Gasteiger partial charge in [-0.15, -0.1) is 0 Å². The van der Waals surface area contributed by atoms with E-state index in [1.165, 1.54) is 24.3 Å². The molecule has 0 aliphatic heterocycles. The number of anilines is 1. The van der Waals surface area contributed by atoms with Gasteiger partial charge < -0.3 is 5.32 Å². The van der Waals surface area contributed by atoms with Crippen LogP contribution in [0.15, 0.2) is 71.6 Å². The van der Waals surface area contributed by atoms with E-state index in [1.807, 2.05) is 32.0 Å². The predicted octanol–water partition coefficient (Wildman–Crippen LogP) is 5.69. The van der Waals surface area contributed by atoms with E-state index in [9.17, 15) is 13.2 Å². The Morgan fingerprint density at radius 3 is 2.25 bits per heavy atom. The summed E-state index contributed by atoms with van der Waals surface area (Å²) in [6.07, 6.45) is 0.740. The van der Waals surface area contributed by atoms with Crippen LogP contribution in [0, 0.1) is 6.92 Å². The van der Waals surface area contributed by atoms with E-state index >= 15 is 0 Å². The second kappa shape index (κ2) is 10.5. The summed E-state index contributed by atoms with van der Waals surface area (Å²) in [5.41, 5.74) is 3.21. The number of benzene rings is 3. The van der Waals surface area contributed by atoms with Gasteiger partial charge in [-0.05, 0) is 60.4 Å². The highest BCUT2D eigenvalue weighted by atomic mass is 35.5. The van der Waals surface area contributed by atoms with Crippen molar-refractivity contribution in [2.45, 2.75) is 31.7 Å². The fourth-order valence-corrected chi connectivity index (χ4v) is 5.04. The van der Waals surface area contributed by atoms with Gasteiger partial charge in [0.2, 0.25) is 15.9 Å². The lowest BCUT2D eigenvalue weighted by Gasteiger charge is -2.23. The minimum absolute atomic E-state index is 0.0480. The standard InChI is InChI=1S/C24H24Cl2N2O3S/c1-3-18-9-6-7-17(2)24(18)27-23(29)16-28(15-19-8-4-5-10-22(19)26)32(30,31)21-13-11-20(25)12-14-21/h4-14H,3,15-16H2,1-2H3,(H,27,29). The average molecular weight is 491 g/mol. The SMILES string of the molecule is CCc1cccc(C)c1NC(=O)CN(Cc1ccccc1Cl)S(=O)(=O)c1ccc(Cl)cc1. The van der Waals surface area contributed by atoms with Crippen LogP contribution in [0.3, 0.4) is 0 Å². The molecule has 3 aromatic carbocycles. The Morgan fingerprint density at radius 2 is 1.59 bits per heavy atom. The lowest BCUT2D eigenvalue weighted by atomic mass is 10.1. The first-order valence-electron chi connectivity index (χ1n) is 10.1. The summed E-state index contributed by atoms with van der Waals surface area (Å²) in [5.74, 6) is -0.432. The third kappa shape index (κ3) is 5.70. The monoisotopic (exact) mass is 490 g/mol. The molecule has 168 valence electrons. The number of carbonyl (C=O) groups excluding carboxylic acids is 1. The Hall–Kier alpha value is -2.38. The van der Waals surface area contributed by atoms with Crippen LogP contribution in [0.4, 0.5) is 5.69 Å². The molecule has 3 aromatic rings. The van der Waals surface area contributed by atoms with E-state index in [2.05, 4.69) is 5.32 Å². The molecular formula is C24H24Cl2N2O3S. The van der Waals surface area contributed by atoms with E-state index in [0.29, 0.717) is 21.3 Å². The maximum absolute atomic E-state index is 13.4. The van der Waals surface area contributed by atoms with Gasteiger partial charge in [0.1, 0.15) is 0 Å². The molecule has 8 heteroatoms. The largest absolute Gasteiger partial charge is 0.324 e. The first-order valence-corrected chi connectivity index (χ1v) is 12.3. The van der Waals surface area contributed by atoms with Crippen molar-refractivity contribution in [3.05, 3.63) is 93.5 Å². The number of aryl methyl sites for hydroxylation is 2. The van der Waals surface area contributed by atoms with Gasteiger partial charge in [-0.2, -0.15) is 4.31 Å². The Balaban J connectivity index is 1.93. The van der Waals surface area contributed by atoms with E-state index < -0.39 is 15.9 Å². The molecule has 0 saturated heterocycles. The summed E-state index contributed by atoms with van der Waals surface area (Å²) in [4.78, 5) is 13.0. The Bertz CT molecular complexity index is 1210. The normalized spacial score (nSPS) is 11.5. The number of nitrogens with zero attached hydrogens (tertiary/aromatic N) is 1. The molecule has 0 fully saturated rings. The Kier molecular flexibility index (Phi) is 7.96. The zero-order valence-electron chi connectivity index (χ0n) is 17.8. The molecule has 1 N–H and O–H groups in total. The summed E-state index contributed by atoms with van der Waals surface area (Å²) in [5, 5.41) is 3.74. The van der Waals surface area contributed by atoms with Gasteiger partial charge in [0.15, 0.2) is 0 Å². The van der Waals surface area contributed by atoms with E-state index in [-0.39, 0.29) is 18.0 Å². The average Bonchev–Trinajstić information content (AvgIpc) is 2.76. The maximum atomic E-state index is 13.4. The number of para-hydroxylation sites is 1. The zero-order valence-corrected chi connectivity index (χ0v) is 20.1. The van der Waals surface area contributed by atoms with Crippen molar-refractivity contribution in [1.29, 1.82) is 0 Å². The minimum atomic E-state index is -3.99. The van der Waals surface area contributed by atoms with Gasteiger partial charge in [0, 0.05) is 22.3 Å². The van der Waals surface area contributed by atoms with Crippen molar-refractivity contribution >= 4 is 44.8 Å². The molecular weight excluding hydrogens is 467 g/mol. The number of hydrogen-bond donors (Lipinski definition) is 1. The summed E-state index contributed by atoms with van der Waals surface area (Å²) in [6.45, 7) is 3.49. The predicted molar refractivity (Wildman–Crippen MR) is 130 cm³/mol. The van der Waals surface area contributed by atoms with Crippen LogP contribution >= 0.6 is 23.2 Å². The lowest BCUT2D eigenvalue weighted by molar-refractivity contribution is -0.116. The number of sulfonamides is 1. The first-order chi connectivity index (χ1) is 15.2. The molecule has 0 unspecified atom stereocenters. The van der Waals surface area contributed by atoms with E-state index in [1.54, 1.807) is 24.3 Å². The van der Waals surface area contributed by atoms with Crippen molar-refractivity contribution in [2.24, 2.45) is 0 Å². The van der Waals surface area contributed by atoms with Crippen LogP contribution in [-0.4, -0.2) is 25.2 Å². The van der Waals surface area contributed by atoms with Crippen molar-refractivity contribution in [3.8, 4) is 0 Å². The summed E-state index contributed by atoms with van der Waals surface area (Å²) in [7, 11) is -3.99. The zero-order chi connectivity index (χ0) is 23.3. The van der Waals surface area contributed by atoms with Crippen LogP contribution < -0.4 is 5.32 Å². The van der Waals surface area contributed by atoms with E-state index in [4.69, 9.17) is 23.2 Å². The fourth-order valence-electron chi connectivity index (χ4n) is 3.34. The van der Waals surface area contributed by atoms with Crippen LogP contribution in [-0.2, 0) is 27.8 Å². The Labute approximate surface area is 199 Å². The van der Waals surface area contributed by atoms with Gasteiger partial charge in [-0.25, -0.2) is 8.42 Å². The molecule has 0 spiro atoms. The number of halogens is 2. The molecule has 0 heterocycles. The van der Waals surface area contributed by atoms with Crippen molar-refractivity contribution in [1.82, 2.24) is 4.31 Å². The molecule has 0 saturated carbocycles. The number of carbonyl (C=O) groups is 1. The highest BCUT2D eigenvalue weighted by Gasteiger charge is 2.28. The van der Waals surface area contributed by atoms with Crippen molar-refractivity contribution in [2.75, 3.05) is 11.9 Å². The molecule has 1 amide bonds. The minimum Gasteiger partial charge on any atom is -0.324 e. The van der Waals surface area contributed by atoms with Crippen LogP contribution in [0.1, 0.15) is 23.6 Å². The first kappa shape index (κ1) is 24.3. The molecule has 3 rings (SSSR count). The second-order valence-corrected chi connectivity index (χ2v) is 10.1. The molecule has 0 aromatic heterocycles. The van der Waals surface area contributed by atoms with Crippen LogP contribution in [0.5, 0.6) is 0 Å². The Morgan fingerprint density at radius 1 is 0.938 bits per heavy atom. The molecule has 5 nitrogen and oxygen atoms in total. The summed E-state index contributed by atoms with van der Waals surface area (Å²) < 4.78 is 27.9. The second-order valence-electron chi connectivity index (χ2n) is 7.33. The maximum Gasteiger partial charge on any atom is 0.243 e. The third-order valence-corrected chi connectivity index (χ3v) is 7.51. The quantitative estimate of drug-likeness (QED) is 0.440. The molecule has 0 radical (unpaired) electrons. The molecule has 0 bridgehead atoms. The number of nitrogens with one attached hydrogen (secondary N) is 1. The smallest absolute Gasteiger partial charge is 0.243 e. The van der Waals surface area contributed by atoms with Gasteiger partial charge in [-0.1, -0.05) is 66.5 Å². The van der Waals surface area contributed by atoms with Crippen LogP contribution in [0.25, 0.3) is 0 Å². The van der Waals surface area contributed by atoms with Gasteiger partial charge >= 0.3 is 0 Å². The van der Waals surface area contributed by atoms with Gasteiger partial charge in [0.25, 0.3) is 0 Å². The molecule has 0 atom stereocenters. The highest BCUT2D eigenvalue weighted by Crippen LogP contribution is 2.25. The fraction of sp³-hybridized carbons (Fsp3) is 0.208. The topological polar surface area (TPSA) is 66.5 Å². The van der Waals surface area contributed by atoms with Gasteiger partial charge in [-0.3, -0.25) is 4.79 Å². The van der Waals surface area contributed by atoms with Crippen LogP contribution in [0.2, 0.25) is 10.0 Å². The number of hydrogen-bond acceptors (Lipinski definition) is 3. The number of amides is 1. The number of rotatable bonds is 8. The summed E-state index contributed by atoms with van der Waals surface area (Å²) in [6, 6.07) is 18.6. The highest BCUT2D eigenvalue weighted by molar-refractivity contribution is 7.89. The summed E-state index contributed by atoms with van der Waals surface area (Å²) >= 11 is 12.2. The third-order valence-electron chi connectivity index (χ3n) is 5.08.